The lowest BCUT2D eigenvalue weighted by atomic mass is 9.93. The maximum atomic E-state index is 12.2. The van der Waals surface area contributed by atoms with Gasteiger partial charge in [-0.2, -0.15) is 0 Å². The van der Waals surface area contributed by atoms with Crippen molar-refractivity contribution in [2.45, 2.75) is 26.4 Å². The van der Waals surface area contributed by atoms with Crippen molar-refractivity contribution in [1.29, 1.82) is 0 Å². The highest BCUT2D eigenvalue weighted by molar-refractivity contribution is 5.60. The monoisotopic (exact) mass is 494 g/mol. The zero-order valence-electron chi connectivity index (χ0n) is 20.8. The second-order valence-corrected chi connectivity index (χ2v) is 9.97. The SMILES string of the molecule is CC1(COC(=O)OCC2(C)COC(C=Cc3ccccc3)OC2)COC(C=Cc2ccccc2)OC1. The quantitative estimate of drug-likeness (QED) is 0.460. The maximum Gasteiger partial charge on any atom is 0.508 e. The van der Waals surface area contributed by atoms with E-state index in [0.29, 0.717) is 26.4 Å². The van der Waals surface area contributed by atoms with Gasteiger partial charge < -0.3 is 28.4 Å². The highest BCUT2D eigenvalue weighted by atomic mass is 16.7. The van der Waals surface area contributed by atoms with Crippen LogP contribution in [0, 0.1) is 10.8 Å². The third kappa shape index (κ3) is 8.03. The predicted molar refractivity (Wildman–Crippen MR) is 136 cm³/mol. The molecule has 0 radical (unpaired) electrons. The molecule has 2 saturated heterocycles. The second-order valence-electron chi connectivity index (χ2n) is 9.97. The van der Waals surface area contributed by atoms with Crippen LogP contribution in [0.5, 0.6) is 0 Å². The average molecular weight is 495 g/mol. The van der Waals surface area contributed by atoms with Gasteiger partial charge in [-0.15, -0.1) is 0 Å². The van der Waals surface area contributed by atoms with Gasteiger partial charge in [0.2, 0.25) is 0 Å². The molecule has 2 aromatic rings. The summed E-state index contributed by atoms with van der Waals surface area (Å²) in [6.45, 7) is 5.79. The molecule has 7 heteroatoms. The van der Waals surface area contributed by atoms with Crippen LogP contribution in [0.3, 0.4) is 0 Å². The molecule has 192 valence electrons. The van der Waals surface area contributed by atoms with E-state index in [-0.39, 0.29) is 13.2 Å². The smallest absolute Gasteiger partial charge is 0.434 e. The standard InChI is InChI=1S/C29H34O7/c1-28(17-31-25(32-18-28)15-13-23-9-5-3-6-10-23)21-35-27(30)36-22-29(2)19-33-26(34-20-29)16-14-24-11-7-4-8-12-24/h3-16,25-26H,17-22H2,1-2H3. The molecule has 0 saturated carbocycles. The molecule has 2 heterocycles. The van der Waals surface area contributed by atoms with Gasteiger partial charge in [0, 0.05) is 10.8 Å². The Balaban J connectivity index is 1.13. The van der Waals surface area contributed by atoms with Gasteiger partial charge in [0.1, 0.15) is 13.2 Å². The number of hydrogen-bond donors (Lipinski definition) is 0. The second kappa shape index (κ2) is 12.3. The summed E-state index contributed by atoms with van der Waals surface area (Å²) in [5.41, 5.74) is 1.25. The molecule has 2 aliphatic rings. The first-order valence-electron chi connectivity index (χ1n) is 12.1. The topological polar surface area (TPSA) is 72.5 Å². The van der Waals surface area contributed by atoms with Crippen molar-refractivity contribution in [3.63, 3.8) is 0 Å². The molecular formula is C29H34O7. The fraction of sp³-hybridized carbons (Fsp3) is 0.414. The van der Waals surface area contributed by atoms with Gasteiger partial charge in [-0.05, 0) is 23.3 Å². The highest BCUT2D eigenvalue weighted by Crippen LogP contribution is 2.27. The molecule has 0 bridgehead atoms. The Morgan fingerprint density at radius 1 is 0.722 bits per heavy atom. The molecule has 0 unspecified atom stereocenters. The molecule has 4 rings (SSSR count). The summed E-state index contributed by atoms with van der Waals surface area (Å²) in [6, 6.07) is 19.9. The molecule has 0 N–H and O–H groups in total. The van der Waals surface area contributed by atoms with Crippen molar-refractivity contribution in [1.82, 2.24) is 0 Å². The Labute approximate surface area is 212 Å². The van der Waals surface area contributed by atoms with E-state index in [1.54, 1.807) is 0 Å². The number of carbonyl (C=O) groups excluding carboxylic acids is 1. The molecule has 0 aliphatic carbocycles. The predicted octanol–water partition coefficient (Wildman–Crippen LogP) is 5.32. The van der Waals surface area contributed by atoms with Gasteiger partial charge in [-0.3, -0.25) is 0 Å². The van der Waals surface area contributed by atoms with E-state index in [1.807, 2.05) is 98.8 Å². The van der Waals surface area contributed by atoms with E-state index in [4.69, 9.17) is 28.4 Å². The van der Waals surface area contributed by atoms with Gasteiger partial charge in [-0.25, -0.2) is 4.79 Å². The molecule has 2 aromatic carbocycles. The van der Waals surface area contributed by atoms with E-state index < -0.39 is 29.6 Å². The summed E-state index contributed by atoms with van der Waals surface area (Å²) in [7, 11) is 0. The fourth-order valence-electron chi connectivity index (χ4n) is 3.72. The summed E-state index contributed by atoms with van der Waals surface area (Å²) in [4.78, 5) is 12.2. The van der Waals surface area contributed by atoms with Crippen LogP contribution in [0.1, 0.15) is 25.0 Å². The highest BCUT2D eigenvalue weighted by Gasteiger charge is 2.36. The minimum absolute atomic E-state index is 0.136. The van der Waals surface area contributed by atoms with E-state index in [9.17, 15) is 4.79 Å². The zero-order valence-corrected chi connectivity index (χ0v) is 20.8. The molecule has 0 atom stereocenters. The first-order chi connectivity index (χ1) is 17.4. The third-order valence-electron chi connectivity index (χ3n) is 5.95. The maximum absolute atomic E-state index is 12.2. The Morgan fingerprint density at radius 2 is 1.08 bits per heavy atom. The summed E-state index contributed by atoms with van der Waals surface area (Å²) in [5.74, 6) is 0. The van der Waals surface area contributed by atoms with Crippen LogP contribution in [0.25, 0.3) is 12.2 Å². The molecule has 7 nitrogen and oxygen atoms in total. The summed E-state index contributed by atoms with van der Waals surface area (Å²) in [6.07, 6.45) is 6.09. The normalized spacial score (nSPS) is 28.8. The van der Waals surface area contributed by atoms with Crippen LogP contribution in [-0.2, 0) is 28.4 Å². The van der Waals surface area contributed by atoms with E-state index in [2.05, 4.69) is 0 Å². The molecule has 2 fully saturated rings. The number of carbonyl (C=O) groups is 1. The minimum atomic E-state index is -0.727. The van der Waals surface area contributed by atoms with Crippen molar-refractivity contribution in [3.8, 4) is 0 Å². The fourth-order valence-corrected chi connectivity index (χ4v) is 3.72. The van der Waals surface area contributed by atoms with Crippen LogP contribution in [0.2, 0.25) is 0 Å². The first-order valence-corrected chi connectivity index (χ1v) is 12.1. The molecule has 0 spiro atoms. The van der Waals surface area contributed by atoms with Crippen molar-refractivity contribution >= 4 is 18.3 Å². The summed E-state index contributed by atoms with van der Waals surface area (Å²) in [5, 5.41) is 0. The third-order valence-corrected chi connectivity index (χ3v) is 5.95. The summed E-state index contributed by atoms with van der Waals surface area (Å²) < 4.78 is 33.9. The van der Waals surface area contributed by atoms with Crippen LogP contribution in [-0.4, -0.2) is 58.4 Å². The number of ether oxygens (including phenoxy) is 6. The number of benzene rings is 2. The van der Waals surface area contributed by atoms with Crippen LogP contribution in [0.4, 0.5) is 4.79 Å². The molecule has 0 aromatic heterocycles. The first kappa shape index (κ1) is 26.1. The van der Waals surface area contributed by atoms with Crippen molar-refractivity contribution in [2.75, 3.05) is 39.6 Å². The Hall–Kier alpha value is -2.97. The van der Waals surface area contributed by atoms with E-state index in [1.165, 1.54) is 0 Å². The van der Waals surface area contributed by atoms with Crippen LogP contribution < -0.4 is 0 Å². The minimum Gasteiger partial charge on any atom is -0.434 e. The lowest BCUT2D eigenvalue weighted by Crippen LogP contribution is -2.44. The average Bonchev–Trinajstić information content (AvgIpc) is 2.92. The van der Waals surface area contributed by atoms with Crippen molar-refractivity contribution in [2.24, 2.45) is 10.8 Å². The zero-order chi connectivity index (χ0) is 25.3. The van der Waals surface area contributed by atoms with Gasteiger partial charge in [-0.1, -0.05) is 86.7 Å². The van der Waals surface area contributed by atoms with Gasteiger partial charge in [0.05, 0.1) is 26.4 Å². The van der Waals surface area contributed by atoms with E-state index >= 15 is 0 Å². The van der Waals surface area contributed by atoms with Gasteiger partial charge in [0.15, 0.2) is 12.6 Å². The van der Waals surface area contributed by atoms with E-state index in [0.717, 1.165) is 11.1 Å². The van der Waals surface area contributed by atoms with Crippen molar-refractivity contribution < 1.29 is 33.2 Å². The van der Waals surface area contributed by atoms with Crippen molar-refractivity contribution in [3.05, 3.63) is 83.9 Å². The lowest BCUT2D eigenvalue weighted by molar-refractivity contribution is -0.215. The lowest BCUT2D eigenvalue weighted by Gasteiger charge is -2.36. The molecule has 0 amide bonds. The van der Waals surface area contributed by atoms with Crippen LogP contribution in [0.15, 0.2) is 72.8 Å². The van der Waals surface area contributed by atoms with Gasteiger partial charge >= 0.3 is 6.16 Å². The number of rotatable bonds is 8. The largest absolute Gasteiger partial charge is 0.508 e. The van der Waals surface area contributed by atoms with Gasteiger partial charge in [0.25, 0.3) is 0 Å². The number of hydrogen-bond acceptors (Lipinski definition) is 7. The Morgan fingerprint density at radius 3 is 1.44 bits per heavy atom. The Bertz CT molecular complexity index is 921. The molecule has 36 heavy (non-hydrogen) atoms. The molecule has 2 aliphatic heterocycles. The summed E-state index contributed by atoms with van der Waals surface area (Å²) >= 11 is 0. The van der Waals surface area contributed by atoms with Crippen LogP contribution >= 0.6 is 0 Å². The molecular weight excluding hydrogens is 460 g/mol. The Kier molecular flexibility index (Phi) is 8.93.